The molecule has 2 aromatic rings. The van der Waals surface area contributed by atoms with Crippen LogP contribution in [0.3, 0.4) is 0 Å². The molecule has 1 aliphatic carbocycles. The molecule has 9 heteroatoms. The van der Waals surface area contributed by atoms with Crippen LogP contribution in [-0.4, -0.2) is 72.8 Å². The third-order valence-corrected chi connectivity index (χ3v) is 12.3. The molecular formula is C29H38N4O3S2. The molecule has 0 aromatic carbocycles. The molecular weight excluding hydrogens is 516 g/mol. The van der Waals surface area contributed by atoms with Gasteiger partial charge in [-0.2, -0.15) is 0 Å². The Bertz CT molecular complexity index is 1460. The van der Waals surface area contributed by atoms with Crippen molar-refractivity contribution in [3.05, 3.63) is 52.3 Å². The van der Waals surface area contributed by atoms with Gasteiger partial charge in [0.1, 0.15) is 0 Å². The molecule has 38 heavy (non-hydrogen) atoms. The predicted molar refractivity (Wildman–Crippen MR) is 155 cm³/mol. The number of sulfone groups is 1. The maximum absolute atomic E-state index is 13.5. The Morgan fingerprint density at radius 1 is 1.21 bits per heavy atom. The summed E-state index contributed by atoms with van der Waals surface area (Å²) in [5.74, 6) is 1.16. The van der Waals surface area contributed by atoms with E-state index in [-0.39, 0.29) is 17.4 Å². The van der Waals surface area contributed by atoms with Gasteiger partial charge in [0, 0.05) is 55.1 Å². The molecule has 2 N–H and O–H groups in total. The van der Waals surface area contributed by atoms with E-state index in [1.54, 1.807) is 11.3 Å². The number of thiophene rings is 1. The highest BCUT2D eigenvalue weighted by molar-refractivity contribution is 7.92. The number of hydrogen-bond acceptors (Lipinski definition) is 6. The molecule has 6 rings (SSSR count). The third kappa shape index (κ3) is 4.36. The second-order valence-electron chi connectivity index (χ2n) is 12.3. The van der Waals surface area contributed by atoms with Gasteiger partial charge in [-0.25, -0.2) is 8.42 Å². The van der Waals surface area contributed by atoms with Gasteiger partial charge in [0.25, 0.3) is 5.91 Å². The van der Waals surface area contributed by atoms with Crippen molar-refractivity contribution in [3.63, 3.8) is 0 Å². The number of hydrogen-bond donors (Lipinski definition) is 2. The summed E-state index contributed by atoms with van der Waals surface area (Å²) in [6.45, 7) is 12.4. The average Bonchev–Trinajstić information content (AvgIpc) is 3.40. The number of fused-ring (bicyclic) bond motifs is 1. The van der Waals surface area contributed by atoms with E-state index < -0.39 is 9.84 Å². The van der Waals surface area contributed by atoms with Gasteiger partial charge in [-0.1, -0.05) is 20.4 Å². The van der Waals surface area contributed by atoms with E-state index in [0.29, 0.717) is 23.5 Å². The molecule has 4 aliphatic rings. The summed E-state index contributed by atoms with van der Waals surface area (Å²) in [7, 11) is -0.818. The number of amides is 1. The van der Waals surface area contributed by atoms with Crippen LogP contribution in [-0.2, 0) is 9.84 Å². The second-order valence-corrected chi connectivity index (χ2v) is 15.4. The van der Waals surface area contributed by atoms with E-state index in [4.69, 9.17) is 0 Å². The largest absolute Gasteiger partial charge is 0.361 e. The normalized spacial score (nSPS) is 26.5. The number of aromatic nitrogens is 1. The first-order chi connectivity index (χ1) is 18.0. The van der Waals surface area contributed by atoms with Crippen molar-refractivity contribution in [1.29, 1.82) is 0 Å². The highest BCUT2D eigenvalue weighted by atomic mass is 32.2. The lowest BCUT2D eigenvalue weighted by Gasteiger charge is -2.58. The number of carbonyl (C=O) groups is 1. The number of aromatic amines is 1. The summed E-state index contributed by atoms with van der Waals surface area (Å²) < 4.78 is 24.4. The summed E-state index contributed by atoms with van der Waals surface area (Å²) in [5, 5.41) is 3.26. The fraction of sp³-hybridized carbons (Fsp3) is 0.552. The van der Waals surface area contributed by atoms with Gasteiger partial charge in [0.05, 0.1) is 32.3 Å². The number of allylic oxidation sites excluding steroid dienone is 3. The van der Waals surface area contributed by atoms with Crippen LogP contribution in [0.5, 0.6) is 0 Å². The van der Waals surface area contributed by atoms with Crippen molar-refractivity contribution < 1.29 is 13.2 Å². The van der Waals surface area contributed by atoms with Crippen molar-refractivity contribution in [2.24, 2.45) is 5.41 Å². The molecule has 0 bridgehead atoms. The quantitative estimate of drug-likeness (QED) is 0.551. The molecule has 3 aliphatic heterocycles. The molecule has 0 unspecified atom stereocenters. The van der Waals surface area contributed by atoms with Crippen molar-refractivity contribution >= 4 is 42.9 Å². The van der Waals surface area contributed by atoms with Crippen molar-refractivity contribution in [2.45, 2.75) is 64.5 Å². The highest BCUT2D eigenvalue weighted by Crippen LogP contribution is 2.44. The maximum atomic E-state index is 13.5. The lowest BCUT2D eigenvalue weighted by atomic mass is 9.78. The van der Waals surface area contributed by atoms with Gasteiger partial charge >= 0.3 is 0 Å². The lowest BCUT2D eigenvalue weighted by Crippen LogP contribution is -2.70. The molecule has 1 spiro atoms. The summed E-state index contributed by atoms with van der Waals surface area (Å²) >= 11 is 1.60. The van der Waals surface area contributed by atoms with Crippen LogP contribution in [0.2, 0.25) is 0 Å². The fourth-order valence-electron chi connectivity index (χ4n) is 6.97. The van der Waals surface area contributed by atoms with Crippen LogP contribution in [0.1, 0.15) is 73.3 Å². The second kappa shape index (κ2) is 9.10. The van der Waals surface area contributed by atoms with Crippen molar-refractivity contribution in [2.75, 3.05) is 31.6 Å². The third-order valence-electron chi connectivity index (χ3n) is 9.01. The Balaban J connectivity index is 1.12. The Kier molecular flexibility index (Phi) is 6.20. The number of nitrogens with one attached hydrogen (secondary N) is 2. The summed E-state index contributed by atoms with van der Waals surface area (Å²) in [4.78, 5) is 22.4. The van der Waals surface area contributed by atoms with Crippen LogP contribution in [0.15, 0.2) is 36.2 Å². The molecule has 3 fully saturated rings. The van der Waals surface area contributed by atoms with Gasteiger partial charge in [-0.05, 0) is 61.8 Å². The monoisotopic (exact) mass is 554 g/mol. The zero-order chi connectivity index (χ0) is 27.0. The number of nitrogens with zero attached hydrogens (tertiary/aromatic N) is 2. The Labute approximate surface area is 229 Å². The van der Waals surface area contributed by atoms with E-state index in [2.05, 4.69) is 48.6 Å². The first-order valence-electron chi connectivity index (χ1n) is 13.7. The molecule has 1 amide bonds. The maximum Gasteiger partial charge on any atom is 0.264 e. The minimum atomic E-state index is -2.77. The lowest BCUT2D eigenvalue weighted by molar-refractivity contribution is -0.0282. The van der Waals surface area contributed by atoms with Gasteiger partial charge in [-0.3, -0.25) is 9.69 Å². The van der Waals surface area contributed by atoms with Gasteiger partial charge in [-0.15, -0.1) is 11.3 Å². The zero-order valence-corrected chi connectivity index (χ0v) is 24.4. The average molecular weight is 555 g/mol. The van der Waals surface area contributed by atoms with Gasteiger partial charge in [0.15, 0.2) is 9.84 Å². The summed E-state index contributed by atoms with van der Waals surface area (Å²) in [6.07, 6.45) is 8.29. The first-order valence-corrected chi connectivity index (χ1v) is 16.3. The van der Waals surface area contributed by atoms with E-state index in [1.807, 2.05) is 24.2 Å². The molecule has 1 saturated carbocycles. The molecule has 5 heterocycles. The molecule has 7 nitrogen and oxygen atoms in total. The topological polar surface area (TPSA) is 85.5 Å². The van der Waals surface area contributed by atoms with E-state index in [9.17, 15) is 13.2 Å². The number of rotatable bonds is 5. The molecule has 0 atom stereocenters. The van der Waals surface area contributed by atoms with E-state index in [0.717, 1.165) is 76.4 Å². The zero-order valence-electron chi connectivity index (χ0n) is 22.8. The smallest absolute Gasteiger partial charge is 0.264 e. The van der Waals surface area contributed by atoms with E-state index >= 15 is 0 Å². The van der Waals surface area contributed by atoms with Gasteiger partial charge in [0.2, 0.25) is 0 Å². The summed E-state index contributed by atoms with van der Waals surface area (Å²) in [5.41, 5.74) is 6.58. The van der Waals surface area contributed by atoms with Crippen LogP contribution in [0.4, 0.5) is 0 Å². The fourth-order valence-corrected chi connectivity index (χ4v) is 10.4. The first kappa shape index (κ1) is 25.9. The standard InChI is InChI=1S/C29H38N4O3S2/c1-17(2)25-26(20-10-18(3)19(4)30-12-20)31-23-11-24(37-27(23)25)28(34)32(5)21-6-8-22(9-7-21)33-13-29(14-33)15-38(35,36)16-29/h10-12,17,21-22,30-31H,4,6-9,13-16H2,1-3,5H3. The number of carbonyl (C=O) groups excluding carboxylic acids is 1. The van der Waals surface area contributed by atoms with Crippen molar-refractivity contribution in [3.8, 4) is 0 Å². The molecule has 0 radical (unpaired) electrons. The molecule has 204 valence electrons. The molecule has 2 aromatic heterocycles. The van der Waals surface area contributed by atoms with Crippen molar-refractivity contribution in [1.82, 2.24) is 20.1 Å². The van der Waals surface area contributed by atoms with Crippen LogP contribution in [0.25, 0.3) is 15.8 Å². The van der Waals surface area contributed by atoms with Crippen LogP contribution in [0, 0.1) is 5.41 Å². The minimum absolute atomic E-state index is 0.0486. The molecule has 2 saturated heterocycles. The minimum Gasteiger partial charge on any atom is -0.361 e. The predicted octanol–water partition coefficient (Wildman–Crippen LogP) is 4.87. The number of H-pyrrole nitrogens is 1. The Morgan fingerprint density at radius 3 is 2.50 bits per heavy atom. The van der Waals surface area contributed by atoms with Crippen LogP contribution < -0.4 is 5.32 Å². The SMILES string of the molecule is C=C1NC=C(c2[nH]c3cc(C(=O)N(C)C4CCC(N5CC6(C5)CS(=O)(=O)C6)CC4)sc3c2C(C)C)C=C1C. The van der Waals surface area contributed by atoms with Crippen LogP contribution >= 0.6 is 11.3 Å². The van der Waals surface area contributed by atoms with Gasteiger partial charge < -0.3 is 15.2 Å². The summed E-state index contributed by atoms with van der Waals surface area (Å²) in [6, 6.07) is 2.80. The van der Waals surface area contributed by atoms with E-state index in [1.165, 1.54) is 5.56 Å². The number of likely N-dealkylation sites (tertiary alicyclic amines) is 1. The number of dihydropyridines is 1. The highest BCUT2D eigenvalue weighted by Gasteiger charge is 2.57. The Hall–Kier alpha value is -2.36. The Morgan fingerprint density at radius 2 is 1.89 bits per heavy atom.